The molecule has 0 atom stereocenters. The number of ether oxygens (including phenoxy) is 1. The fraction of sp³-hybridized carbons (Fsp3) is 0.0476. The molecule has 1 aromatic heterocycles. The molecule has 156 valence electrons. The van der Waals surface area contributed by atoms with Crippen molar-refractivity contribution in [3.8, 4) is 17.2 Å². The van der Waals surface area contributed by atoms with Crippen LogP contribution in [0, 0.1) is 10.1 Å². The summed E-state index contributed by atoms with van der Waals surface area (Å²) in [6.45, 7) is 0. The van der Waals surface area contributed by atoms with E-state index in [0.717, 1.165) is 6.07 Å². The molecule has 8 nitrogen and oxygen atoms in total. The van der Waals surface area contributed by atoms with Crippen molar-refractivity contribution in [3.63, 3.8) is 0 Å². The highest BCUT2D eigenvalue weighted by Crippen LogP contribution is 2.31. The molecule has 0 spiro atoms. The fourth-order valence-electron chi connectivity index (χ4n) is 2.93. The van der Waals surface area contributed by atoms with E-state index in [4.69, 9.17) is 32.4 Å². The Morgan fingerprint density at radius 3 is 2.61 bits per heavy atom. The van der Waals surface area contributed by atoms with E-state index < -0.39 is 10.8 Å². The van der Waals surface area contributed by atoms with Crippen LogP contribution in [0.1, 0.15) is 10.4 Å². The molecular weight excluding hydrogens is 445 g/mol. The number of nitro benzene ring substituents is 1. The summed E-state index contributed by atoms with van der Waals surface area (Å²) in [5.41, 5.74) is 1.95. The zero-order valence-electron chi connectivity index (χ0n) is 15.9. The van der Waals surface area contributed by atoms with Gasteiger partial charge in [-0.2, -0.15) is 0 Å². The number of nitrogens with one attached hydrogen (secondary N) is 1. The maximum Gasteiger partial charge on any atom is 0.311 e. The van der Waals surface area contributed by atoms with Crippen molar-refractivity contribution in [2.24, 2.45) is 0 Å². The summed E-state index contributed by atoms with van der Waals surface area (Å²) in [5.74, 6) is -0.0958. The molecule has 0 fully saturated rings. The lowest BCUT2D eigenvalue weighted by Crippen LogP contribution is -2.12. The van der Waals surface area contributed by atoms with Crippen molar-refractivity contribution < 1.29 is 18.9 Å². The summed E-state index contributed by atoms with van der Waals surface area (Å²) >= 11 is 12.0. The second-order valence-corrected chi connectivity index (χ2v) is 7.24. The minimum absolute atomic E-state index is 0.0698. The first-order valence-electron chi connectivity index (χ1n) is 8.85. The third kappa shape index (κ3) is 4.16. The van der Waals surface area contributed by atoms with Crippen LogP contribution in [0.5, 0.6) is 5.75 Å². The molecule has 0 bridgehead atoms. The quantitative estimate of drug-likeness (QED) is 0.292. The maximum absolute atomic E-state index is 12.6. The number of carbonyl (C=O) groups is 1. The largest absolute Gasteiger partial charge is 0.490 e. The van der Waals surface area contributed by atoms with Crippen LogP contribution >= 0.6 is 23.2 Å². The zero-order valence-corrected chi connectivity index (χ0v) is 17.4. The average molecular weight is 458 g/mol. The average Bonchev–Trinajstić information content (AvgIpc) is 3.18. The second kappa shape index (κ2) is 8.25. The Kier molecular flexibility index (Phi) is 5.50. The van der Waals surface area contributed by atoms with Gasteiger partial charge >= 0.3 is 5.69 Å². The highest BCUT2D eigenvalue weighted by molar-refractivity contribution is 6.42. The number of fused-ring (bicyclic) bond motifs is 1. The summed E-state index contributed by atoms with van der Waals surface area (Å²) in [5, 5.41) is 14.7. The van der Waals surface area contributed by atoms with E-state index in [1.807, 2.05) is 0 Å². The molecule has 0 radical (unpaired) electrons. The van der Waals surface area contributed by atoms with Crippen molar-refractivity contribution >= 4 is 51.6 Å². The van der Waals surface area contributed by atoms with Crippen LogP contribution in [0.4, 0.5) is 11.4 Å². The van der Waals surface area contributed by atoms with E-state index in [-0.39, 0.29) is 17.0 Å². The predicted molar refractivity (Wildman–Crippen MR) is 117 cm³/mol. The van der Waals surface area contributed by atoms with Gasteiger partial charge in [-0.15, -0.1) is 0 Å². The van der Waals surface area contributed by atoms with Gasteiger partial charge in [0.15, 0.2) is 11.3 Å². The van der Waals surface area contributed by atoms with E-state index in [0.29, 0.717) is 38.3 Å². The standard InChI is InChI=1S/C21H13Cl2N3O5/c1-30-19-6-3-11(9-17(19)26(28)29)20(27)24-13-4-7-18-16(10-13)25-21(31-18)12-2-5-14(22)15(23)8-12/h2-10H,1H3,(H,24,27). The van der Waals surface area contributed by atoms with Crippen LogP contribution in [-0.2, 0) is 0 Å². The minimum Gasteiger partial charge on any atom is -0.490 e. The molecule has 0 saturated heterocycles. The second-order valence-electron chi connectivity index (χ2n) is 6.43. The van der Waals surface area contributed by atoms with Gasteiger partial charge in [0, 0.05) is 22.9 Å². The first-order chi connectivity index (χ1) is 14.9. The van der Waals surface area contributed by atoms with E-state index in [9.17, 15) is 14.9 Å². The van der Waals surface area contributed by atoms with E-state index in [1.54, 1.807) is 36.4 Å². The van der Waals surface area contributed by atoms with Gasteiger partial charge in [-0.3, -0.25) is 14.9 Å². The molecule has 1 N–H and O–H groups in total. The topological polar surface area (TPSA) is 108 Å². The number of methoxy groups -OCH3 is 1. The van der Waals surface area contributed by atoms with Crippen LogP contribution in [0.25, 0.3) is 22.6 Å². The number of carbonyl (C=O) groups excluding carboxylic acids is 1. The fourth-order valence-corrected chi connectivity index (χ4v) is 3.23. The smallest absolute Gasteiger partial charge is 0.311 e. The van der Waals surface area contributed by atoms with E-state index in [2.05, 4.69) is 10.3 Å². The van der Waals surface area contributed by atoms with Crippen molar-refractivity contribution in [2.45, 2.75) is 0 Å². The Balaban J connectivity index is 1.60. The number of amides is 1. The van der Waals surface area contributed by atoms with Crippen molar-refractivity contribution in [1.29, 1.82) is 0 Å². The molecule has 10 heteroatoms. The number of hydrogen-bond donors (Lipinski definition) is 1. The Morgan fingerprint density at radius 2 is 1.90 bits per heavy atom. The zero-order chi connectivity index (χ0) is 22.1. The van der Waals surface area contributed by atoms with Gasteiger partial charge in [0.25, 0.3) is 5.91 Å². The van der Waals surface area contributed by atoms with Gasteiger partial charge < -0.3 is 14.5 Å². The van der Waals surface area contributed by atoms with E-state index in [1.165, 1.54) is 19.2 Å². The van der Waals surface area contributed by atoms with Gasteiger partial charge in [0.2, 0.25) is 5.89 Å². The van der Waals surface area contributed by atoms with Crippen molar-refractivity contribution in [1.82, 2.24) is 4.98 Å². The lowest BCUT2D eigenvalue weighted by molar-refractivity contribution is -0.385. The highest BCUT2D eigenvalue weighted by atomic mass is 35.5. The summed E-state index contributed by atoms with van der Waals surface area (Å²) < 4.78 is 10.7. The predicted octanol–water partition coefficient (Wildman–Crippen LogP) is 5.97. The molecule has 1 amide bonds. The lowest BCUT2D eigenvalue weighted by Gasteiger charge is -2.06. The molecular formula is C21H13Cl2N3O5. The highest BCUT2D eigenvalue weighted by Gasteiger charge is 2.18. The van der Waals surface area contributed by atoms with Crippen molar-refractivity contribution in [3.05, 3.63) is 80.3 Å². The number of aromatic nitrogens is 1. The van der Waals surface area contributed by atoms with Gasteiger partial charge in [0.1, 0.15) is 5.52 Å². The number of nitrogens with zero attached hydrogens (tertiary/aromatic N) is 2. The SMILES string of the molecule is COc1ccc(C(=O)Nc2ccc3oc(-c4ccc(Cl)c(Cl)c4)nc3c2)cc1[N+](=O)[O-]. The third-order valence-electron chi connectivity index (χ3n) is 4.45. The third-order valence-corrected chi connectivity index (χ3v) is 5.19. The Labute approximate surface area is 185 Å². The van der Waals surface area contributed by atoms with Crippen LogP contribution in [0.2, 0.25) is 10.0 Å². The molecule has 0 unspecified atom stereocenters. The monoisotopic (exact) mass is 457 g/mol. The lowest BCUT2D eigenvalue weighted by atomic mass is 10.1. The molecule has 31 heavy (non-hydrogen) atoms. The molecule has 0 aliphatic heterocycles. The number of halogens is 2. The molecule has 0 aliphatic rings. The Hall–Kier alpha value is -3.62. The number of anilines is 1. The Morgan fingerprint density at radius 1 is 1.10 bits per heavy atom. The minimum atomic E-state index is -0.610. The summed E-state index contributed by atoms with van der Waals surface area (Å²) in [4.78, 5) is 27.6. The van der Waals surface area contributed by atoms with E-state index >= 15 is 0 Å². The molecule has 1 heterocycles. The van der Waals surface area contributed by atoms with Crippen LogP contribution in [0.15, 0.2) is 59.0 Å². The first-order valence-corrected chi connectivity index (χ1v) is 9.61. The normalized spacial score (nSPS) is 10.8. The van der Waals surface area contributed by atoms with Crippen LogP contribution in [0.3, 0.4) is 0 Å². The van der Waals surface area contributed by atoms with Gasteiger partial charge in [-0.1, -0.05) is 23.2 Å². The Bertz CT molecular complexity index is 1340. The molecule has 4 aromatic rings. The molecule has 0 aliphatic carbocycles. The molecule has 4 rings (SSSR count). The maximum atomic E-state index is 12.6. The van der Waals surface area contributed by atoms with Crippen LogP contribution < -0.4 is 10.1 Å². The molecule has 0 saturated carbocycles. The van der Waals surface area contributed by atoms with Gasteiger partial charge in [0.05, 0.1) is 22.1 Å². The first kappa shape index (κ1) is 20.6. The van der Waals surface area contributed by atoms with Gasteiger partial charge in [-0.25, -0.2) is 4.98 Å². The molecule has 3 aromatic carbocycles. The summed E-state index contributed by atoms with van der Waals surface area (Å²) in [7, 11) is 1.32. The van der Waals surface area contributed by atoms with Gasteiger partial charge in [-0.05, 0) is 48.5 Å². The van der Waals surface area contributed by atoms with Crippen LogP contribution in [-0.4, -0.2) is 22.9 Å². The summed E-state index contributed by atoms with van der Waals surface area (Å²) in [6.07, 6.45) is 0. The van der Waals surface area contributed by atoms with Crippen molar-refractivity contribution in [2.75, 3.05) is 12.4 Å². The number of nitro groups is 1. The number of benzene rings is 3. The number of hydrogen-bond acceptors (Lipinski definition) is 6. The number of rotatable bonds is 5. The number of oxazole rings is 1. The summed E-state index contributed by atoms with van der Waals surface area (Å²) in [6, 6.07) is 13.9.